The molecule has 0 N–H and O–H groups in total. The molecule has 0 aromatic heterocycles. The molecule has 0 amide bonds. The molecule has 2 aromatic rings. The molecule has 0 saturated carbocycles. The van der Waals surface area contributed by atoms with E-state index in [1.807, 2.05) is 49.4 Å². The molecule has 0 heterocycles. The predicted molar refractivity (Wildman–Crippen MR) is 98.2 cm³/mol. The zero-order valence-corrected chi connectivity index (χ0v) is 13.2. The molecule has 0 radical (unpaired) electrons. The third kappa shape index (κ3) is 11.2. The molecule has 2 rings (SSSR count). The first-order chi connectivity index (χ1) is 10.3. The van der Waals surface area contributed by atoms with Crippen LogP contribution in [0.2, 0.25) is 0 Å². The Labute approximate surface area is 130 Å². The van der Waals surface area contributed by atoms with Gasteiger partial charge in [0.25, 0.3) is 0 Å². The lowest BCUT2D eigenvalue weighted by atomic mass is 10.2. The van der Waals surface area contributed by atoms with Gasteiger partial charge in [0.1, 0.15) is 0 Å². The van der Waals surface area contributed by atoms with Crippen LogP contribution < -0.4 is 0 Å². The van der Waals surface area contributed by atoms with E-state index < -0.39 is 0 Å². The van der Waals surface area contributed by atoms with Crippen LogP contribution in [0.5, 0.6) is 0 Å². The number of benzene rings is 2. The molecule has 0 aliphatic heterocycles. The van der Waals surface area contributed by atoms with E-state index in [1.165, 1.54) is 11.1 Å². The minimum atomic E-state index is 1.11. The quantitative estimate of drug-likeness (QED) is 0.553. The maximum absolute atomic E-state index is 3.63. The van der Waals surface area contributed by atoms with Crippen molar-refractivity contribution in [2.45, 2.75) is 20.3 Å². The van der Waals surface area contributed by atoms with Gasteiger partial charge in [-0.05, 0) is 24.5 Å². The Morgan fingerprint density at radius 2 is 1.24 bits per heavy atom. The van der Waals surface area contributed by atoms with Gasteiger partial charge in [0.2, 0.25) is 0 Å². The third-order valence-corrected chi connectivity index (χ3v) is 2.38. The average Bonchev–Trinajstić information content (AvgIpc) is 2.56. The van der Waals surface area contributed by atoms with Gasteiger partial charge in [0, 0.05) is 0 Å². The van der Waals surface area contributed by atoms with Crippen LogP contribution in [0.1, 0.15) is 31.4 Å². The molecule has 0 atom stereocenters. The molecule has 0 spiro atoms. The van der Waals surface area contributed by atoms with Crippen LogP contribution >= 0.6 is 0 Å². The van der Waals surface area contributed by atoms with E-state index in [4.69, 9.17) is 0 Å². The van der Waals surface area contributed by atoms with Crippen LogP contribution in [0.4, 0.5) is 0 Å². The van der Waals surface area contributed by atoms with Crippen molar-refractivity contribution in [2.75, 3.05) is 0 Å². The zero-order valence-electron chi connectivity index (χ0n) is 13.2. The van der Waals surface area contributed by atoms with E-state index >= 15 is 0 Å². The van der Waals surface area contributed by atoms with E-state index in [-0.39, 0.29) is 0 Å². The SMILES string of the molecule is C=CC.C=Cc1ccccc1.CCC=Cc1ccccc1. The van der Waals surface area contributed by atoms with E-state index in [1.54, 1.807) is 6.08 Å². The fourth-order valence-corrected chi connectivity index (χ4v) is 1.41. The molecule has 0 bridgehead atoms. The van der Waals surface area contributed by atoms with Gasteiger partial charge in [-0.25, -0.2) is 0 Å². The van der Waals surface area contributed by atoms with Crippen molar-refractivity contribution < 1.29 is 0 Å². The van der Waals surface area contributed by atoms with E-state index in [0.29, 0.717) is 0 Å². The largest absolute Gasteiger partial charge is 0.103 e. The summed E-state index contributed by atoms with van der Waals surface area (Å²) >= 11 is 0. The van der Waals surface area contributed by atoms with Crippen LogP contribution in [0.25, 0.3) is 12.2 Å². The van der Waals surface area contributed by atoms with Gasteiger partial charge in [0.05, 0.1) is 0 Å². The van der Waals surface area contributed by atoms with Crippen LogP contribution in [-0.4, -0.2) is 0 Å². The number of hydrogen-bond acceptors (Lipinski definition) is 0. The van der Waals surface area contributed by atoms with Crippen LogP contribution in [0, 0.1) is 0 Å². The molecule has 2 aromatic carbocycles. The van der Waals surface area contributed by atoms with Crippen molar-refractivity contribution in [3.8, 4) is 0 Å². The molecular weight excluding hydrogens is 252 g/mol. The van der Waals surface area contributed by atoms with E-state index in [9.17, 15) is 0 Å². The van der Waals surface area contributed by atoms with Crippen molar-refractivity contribution in [3.05, 3.63) is 97.1 Å². The fraction of sp³-hybridized carbons (Fsp3) is 0.143. The van der Waals surface area contributed by atoms with Crippen molar-refractivity contribution in [1.82, 2.24) is 0 Å². The van der Waals surface area contributed by atoms with Crippen LogP contribution in [0.3, 0.4) is 0 Å². The fourth-order valence-electron chi connectivity index (χ4n) is 1.41. The summed E-state index contributed by atoms with van der Waals surface area (Å²) in [5.74, 6) is 0. The minimum Gasteiger partial charge on any atom is -0.103 e. The summed E-state index contributed by atoms with van der Waals surface area (Å²) in [6, 6.07) is 20.4. The van der Waals surface area contributed by atoms with Crippen molar-refractivity contribution in [1.29, 1.82) is 0 Å². The topological polar surface area (TPSA) is 0 Å². The van der Waals surface area contributed by atoms with Gasteiger partial charge in [-0.1, -0.05) is 98.5 Å². The highest BCUT2D eigenvalue weighted by Gasteiger charge is 1.79. The van der Waals surface area contributed by atoms with Crippen LogP contribution in [0.15, 0.2) is 86.0 Å². The summed E-state index contributed by atoms with van der Waals surface area (Å²) in [6.07, 6.45) is 8.99. The zero-order chi connectivity index (χ0) is 15.8. The molecule has 0 heteroatoms. The lowest BCUT2D eigenvalue weighted by molar-refractivity contribution is 1.23. The molecule has 0 unspecified atom stereocenters. The first kappa shape index (κ1) is 18.7. The predicted octanol–water partition coefficient (Wildman–Crippen LogP) is 6.63. The maximum atomic E-state index is 3.63. The Balaban J connectivity index is 0.000000327. The normalized spacial score (nSPS) is 8.86. The second-order valence-corrected chi connectivity index (χ2v) is 4.24. The smallest absolute Gasteiger partial charge is 0.0260 e. The number of hydrogen-bond donors (Lipinski definition) is 0. The van der Waals surface area contributed by atoms with E-state index in [0.717, 1.165) is 6.42 Å². The second-order valence-electron chi connectivity index (χ2n) is 4.24. The van der Waals surface area contributed by atoms with Crippen molar-refractivity contribution in [3.63, 3.8) is 0 Å². The summed E-state index contributed by atoms with van der Waals surface area (Å²) in [5.41, 5.74) is 2.46. The van der Waals surface area contributed by atoms with Crippen molar-refractivity contribution >= 4 is 12.2 Å². The van der Waals surface area contributed by atoms with Gasteiger partial charge in [-0.15, -0.1) is 6.58 Å². The monoisotopic (exact) mass is 278 g/mol. The number of allylic oxidation sites excluding steroid dienone is 2. The van der Waals surface area contributed by atoms with Gasteiger partial charge in [0.15, 0.2) is 0 Å². The van der Waals surface area contributed by atoms with Gasteiger partial charge >= 0.3 is 0 Å². The first-order valence-electron chi connectivity index (χ1n) is 7.24. The lowest BCUT2D eigenvalue weighted by Crippen LogP contribution is -1.66. The average molecular weight is 278 g/mol. The molecule has 21 heavy (non-hydrogen) atoms. The third-order valence-electron chi connectivity index (χ3n) is 2.38. The molecule has 0 aliphatic rings. The summed E-state index contributed by atoms with van der Waals surface area (Å²) < 4.78 is 0. The standard InChI is InChI=1S/C10H12.C8H8.C3H6/c1-2-3-7-10-8-5-4-6-9-10;1-2-8-6-4-3-5-7-8;1-3-2/h3-9H,2H2,1H3;2-7H,1H2;3H,1H2,2H3. The highest BCUT2D eigenvalue weighted by molar-refractivity contribution is 5.48. The van der Waals surface area contributed by atoms with Crippen LogP contribution in [-0.2, 0) is 0 Å². The molecule has 110 valence electrons. The molecule has 0 nitrogen and oxygen atoms in total. The van der Waals surface area contributed by atoms with Gasteiger partial charge in [-0.2, -0.15) is 0 Å². The summed E-state index contributed by atoms with van der Waals surface area (Å²) in [5, 5.41) is 0. The highest BCUT2D eigenvalue weighted by Crippen LogP contribution is 2.00. The Bertz CT molecular complexity index is 492. The lowest BCUT2D eigenvalue weighted by Gasteiger charge is -1.88. The molecular formula is C21H26. The highest BCUT2D eigenvalue weighted by atomic mass is 13.8. The summed E-state index contributed by atoms with van der Waals surface area (Å²) in [4.78, 5) is 0. The Kier molecular flexibility index (Phi) is 12.5. The Morgan fingerprint density at radius 3 is 1.57 bits per heavy atom. The van der Waals surface area contributed by atoms with Gasteiger partial charge in [-0.3, -0.25) is 0 Å². The summed E-state index contributed by atoms with van der Waals surface area (Å²) in [7, 11) is 0. The molecule has 0 fully saturated rings. The minimum absolute atomic E-state index is 1.11. The summed E-state index contributed by atoms with van der Waals surface area (Å²) in [6.45, 7) is 11.0. The first-order valence-corrected chi connectivity index (χ1v) is 7.24. The Morgan fingerprint density at radius 1 is 0.810 bits per heavy atom. The maximum Gasteiger partial charge on any atom is -0.0260 e. The van der Waals surface area contributed by atoms with Gasteiger partial charge < -0.3 is 0 Å². The molecule has 0 aliphatic carbocycles. The number of rotatable bonds is 3. The molecule has 0 saturated heterocycles. The Hall–Kier alpha value is -2.34. The van der Waals surface area contributed by atoms with Crippen molar-refractivity contribution in [2.24, 2.45) is 0 Å². The van der Waals surface area contributed by atoms with E-state index in [2.05, 4.69) is 56.5 Å². The second kappa shape index (κ2) is 14.1.